The molecule has 0 fully saturated rings. The molecule has 0 N–H and O–H groups in total. The summed E-state index contributed by atoms with van der Waals surface area (Å²) in [5.41, 5.74) is 13.8. The van der Waals surface area contributed by atoms with Crippen molar-refractivity contribution in [3.8, 4) is 27.9 Å². The van der Waals surface area contributed by atoms with Crippen LogP contribution in [0.5, 0.6) is 0 Å². The molecule has 0 saturated carbocycles. The van der Waals surface area contributed by atoms with E-state index in [4.69, 9.17) is 0 Å². The van der Waals surface area contributed by atoms with Crippen molar-refractivity contribution in [3.63, 3.8) is 0 Å². The Bertz CT molecular complexity index is 2080. The van der Waals surface area contributed by atoms with E-state index in [1.807, 2.05) is 0 Å². The standard InChI is InChI=1S/C40H32N2/c1-40(2)36-25-30(41(3)29-15-11-14-28(24-29)27-12-5-4-6-13-27)20-22-32(36)33-23-21-31(26-37(33)40)42-38-18-9-7-16-34(38)35-17-8-10-19-39(35)42/h4-26H,1-3H3. The number of rotatable bonds is 4. The molecule has 2 heteroatoms. The summed E-state index contributed by atoms with van der Waals surface area (Å²) in [4.78, 5) is 2.30. The number of aromatic nitrogens is 1. The van der Waals surface area contributed by atoms with E-state index in [0.29, 0.717) is 0 Å². The lowest BCUT2D eigenvalue weighted by atomic mass is 9.82. The van der Waals surface area contributed by atoms with Crippen LogP contribution in [0.1, 0.15) is 25.0 Å². The predicted octanol–water partition coefficient (Wildman–Crippen LogP) is 10.5. The van der Waals surface area contributed by atoms with E-state index in [1.54, 1.807) is 0 Å². The molecule has 0 bridgehead atoms. The van der Waals surface area contributed by atoms with E-state index in [9.17, 15) is 0 Å². The van der Waals surface area contributed by atoms with Gasteiger partial charge in [-0.15, -0.1) is 0 Å². The fourth-order valence-corrected chi connectivity index (χ4v) is 6.94. The van der Waals surface area contributed by atoms with Crippen molar-refractivity contribution in [3.05, 3.63) is 151 Å². The summed E-state index contributed by atoms with van der Waals surface area (Å²) in [5, 5.41) is 2.58. The molecule has 0 unspecified atom stereocenters. The van der Waals surface area contributed by atoms with Crippen molar-refractivity contribution >= 4 is 33.2 Å². The van der Waals surface area contributed by atoms with Gasteiger partial charge in [-0.2, -0.15) is 0 Å². The monoisotopic (exact) mass is 540 g/mol. The van der Waals surface area contributed by atoms with Gasteiger partial charge in [-0.05, 0) is 81.9 Å². The summed E-state index contributed by atoms with van der Waals surface area (Å²) in [6.07, 6.45) is 0. The van der Waals surface area contributed by atoms with Crippen LogP contribution < -0.4 is 4.90 Å². The van der Waals surface area contributed by atoms with Gasteiger partial charge in [0.1, 0.15) is 0 Å². The van der Waals surface area contributed by atoms with Crippen LogP contribution in [-0.4, -0.2) is 11.6 Å². The van der Waals surface area contributed by atoms with Gasteiger partial charge < -0.3 is 9.47 Å². The first-order valence-corrected chi connectivity index (χ1v) is 14.7. The quantitative estimate of drug-likeness (QED) is 0.216. The van der Waals surface area contributed by atoms with Crippen molar-refractivity contribution in [2.45, 2.75) is 19.3 Å². The summed E-state index contributed by atoms with van der Waals surface area (Å²) < 4.78 is 2.42. The average molecular weight is 541 g/mol. The second-order valence-electron chi connectivity index (χ2n) is 11.9. The lowest BCUT2D eigenvalue weighted by Crippen LogP contribution is -2.17. The molecular formula is C40H32N2. The third-order valence-electron chi connectivity index (χ3n) is 9.21. The smallest absolute Gasteiger partial charge is 0.0541 e. The van der Waals surface area contributed by atoms with Crippen LogP contribution in [0.2, 0.25) is 0 Å². The highest BCUT2D eigenvalue weighted by molar-refractivity contribution is 6.09. The third kappa shape index (κ3) is 3.65. The van der Waals surface area contributed by atoms with Crippen molar-refractivity contribution in [1.29, 1.82) is 0 Å². The van der Waals surface area contributed by atoms with E-state index < -0.39 is 0 Å². The van der Waals surface area contributed by atoms with Gasteiger partial charge in [0, 0.05) is 40.3 Å². The van der Waals surface area contributed by atoms with Crippen LogP contribution >= 0.6 is 0 Å². The van der Waals surface area contributed by atoms with Gasteiger partial charge in [0.05, 0.1) is 11.0 Å². The molecule has 0 radical (unpaired) electrons. The first-order chi connectivity index (χ1) is 20.5. The second-order valence-corrected chi connectivity index (χ2v) is 11.9. The maximum absolute atomic E-state index is 2.42. The van der Waals surface area contributed by atoms with Gasteiger partial charge in [0.25, 0.3) is 0 Å². The van der Waals surface area contributed by atoms with Gasteiger partial charge >= 0.3 is 0 Å². The van der Waals surface area contributed by atoms with Crippen LogP contribution in [-0.2, 0) is 5.41 Å². The largest absolute Gasteiger partial charge is 0.345 e. The van der Waals surface area contributed by atoms with E-state index in [1.165, 1.54) is 72.2 Å². The topological polar surface area (TPSA) is 8.17 Å². The highest BCUT2D eigenvalue weighted by atomic mass is 15.1. The number of fused-ring (bicyclic) bond motifs is 6. The van der Waals surface area contributed by atoms with Crippen LogP contribution in [0, 0.1) is 0 Å². The Kier molecular flexibility index (Phi) is 5.42. The summed E-state index contributed by atoms with van der Waals surface area (Å²) in [7, 11) is 2.17. The Morgan fingerprint density at radius 1 is 0.500 bits per heavy atom. The number of hydrogen-bond donors (Lipinski definition) is 0. The highest BCUT2D eigenvalue weighted by Gasteiger charge is 2.36. The second kappa shape index (κ2) is 9.22. The molecule has 202 valence electrons. The Hall–Kier alpha value is -5.08. The van der Waals surface area contributed by atoms with Crippen LogP contribution in [0.25, 0.3) is 49.7 Å². The fourth-order valence-electron chi connectivity index (χ4n) is 6.94. The Morgan fingerprint density at radius 3 is 1.79 bits per heavy atom. The number of anilines is 2. The fraction of sp³-hybridized carbons (Fsp3) is 0.100. The summed E-state index contributed by atoms with van der Waals surface area (Å²) >= 11 is 0. The third-order valence-corrected chi connectivity index (χ3v) is 9.21. The minimum atomic E-state index is -0.123. The Labute approximate surface area is 247 Å². The van der Waals surface area contributed by atoms with Crippen molar-refractivity contribution in [2.24, 2.45) is 0 Å². The van der Waals surface area contributed by atoms with Gasteiger partial charge in [-0.3, -0.25) is 0 Å². The predicted molar refractivity (Wildman–Crippen MR) is 178 cm³/mol. The zero-order valence-corrected chi connectivity index (χ0v) is 24.2. The first kappa shape index (κ1) is 24.7. The minimum absolute atomic E-state index is 0.123. The van der Waals surface area contributed by atoms with Crippen molar-refractivity contribution in [1.82, 2.24) is 4.57 Å². The van der Waals surface area contributed by atoms with Gasteiger partial charge in [-0.1, -0.05) is 105 Å². The summed E-state index contributed by atoms with van der Waals surface area (Å²) in [5.74, 6) is 0. The highest BCUT2D eigenvalue weighted by Crippen LogP contribution is 2.51. The molecule has 8 rings (SSSR count). The summed E-state index contributed by atoms with van der Waals surface area (Å²) in [6, 6.07) is 50.9. The molecule has 0 amide bonds. The molecule has 1 aliphatic carbocycles. The lowest BCUT2D eigenvalue weighted by molar-refractivity contribution is 0.660. The lowest BCUT2D eigenvalue weighted by Gasteiger charge is -2.25. The van der Waals surface area contributed by atoms with Gasteiger partial charge in [-0.25, -0.2) is 0 Å². The molecule has 0 saturated heterocycles. The number of benzene rings is 6. The minimum Gasteiger partial charge on any atom is -0.345 e. The maximum Gasteiger partial charge on any atom is 0.0541 e. The van der Waals surface area contributed by atoms with Gasteiger partial charge in [0.15, 0.2) is 0 Å². The molecule has 42 heavy (non-hydrogen) atoms. The van der Waals surface area contributed by atoms with Gasteiger partial charge in [0.2, 0.25) is 0 Å². The number of nitrogens with zero attached hydrogens (tertiary/aromatic N) is 2. The van der Waals surface area contributed by atoms with E-state index in [2.05, 4.69) is 170 Å². The Balaban J connectivity index is 1.20. The first-order valence-electron chi connectivity index (χ1n) is 14.7. The molecule has 0 atom stereocenters. The van der Waals surface area contributed by atoms with Crippen molar-refractivity contribution < 1.29 is 0 Å². The van der Waals surface area contributed by atoms with E-state index in [-0.39, 0.29) is 5.41 Å². The average Bonchev–Trinajstić information content (AvgIpc) is 3.49. The summed E-state index contributed by atoms with van der Waals surface area (Å²) in [6.45, 7) is 4.74. The maximum atomic E-state index is 2.42. The Morgan fingerprint density at radius 2 is 1.07 bits per heavy atom. The van der Waals surface area contributed by atoms with E-state index in [0.717, 1.165) is 0 Å². The zero-order chi connectivity index (χ0) is 28.4. The molecule has 1 heterocycles. The van der Waals surface area contributed by atoms with Crippen LogP contribution in [0.4, 0.5) is 11.4 Å². The molecule has 0 aliphatic heterocycles. The molecule has 1 aromatic heterocycles. The van der Waals surface area contributed by atoms with Crippen LogP contribution in [0.15, 0.2) is 140 Å². The van der Waals surface area contributed by atoms with E-state index >= 15 is 0 Å². The molecule has 2 nitrogen and oxygen atoms in total. The molecule has 7 aromatic rings. The number of para-hydroxylation sites is 2. The number of hydrogen-bond acceptors (Lipinski definition) is 1. The molecule has 6 aromatic carbocycles. The zero-order valence-electron chi connectivity index (χ0n) is 24.2. The molecular weight excluding hydrogens is 508 g/mol. The SMILES string of the molecule is CN(c1cccc(-c2ccccc2)c1)c1ccc2c(c1)C(C)(C)c1cc(-n3c4ccccc4c4ccccc43)ccc1-2. The molecule has 0 spiro atoms. The molecule has 1 aliphatic rings. The van der Waals surface area contributed by atoms with Crippen LogP contribution in [0.3, 0.4) is 0 Å². The van der Waals surface area contributed by atoms with Crippen molar-refractivity contribution in [2.75, 3.05) is 11.9 Å². The normalized spacial score (nSPS) is 13.3.